The number of benzene rings is 1. The van der Waals surface area contributed by atoms with Crippen molar-refractivity contribution in [2.45, 2.75) is 18.4 Å². The smallest absolute Gasteiger partial charge is 0.290 e. The van der Waals surface area contributed by atoms with Crippen LogP contribution < -0.4 is 15.0 Å². The van der Waals surface area contributed by atoms with Crippen LogP contribution in [-0.2, 0) is 21.4 Å². The van der Waals surface area contributed by atoms with Gasteiger partial charge in [-0.05, 0) is 31.2 Å². The molecule has 0 aliphatic heterocycles. The lowest BCUT2D eigenvalue weighted by molar-refractivity contribution is -0.684. The van der Waals surface area contributed by atoms with Crippen molar-refractivity contribution in [1.29, 1.82) is 0 Å². The minimum Gasteiger partial charge on any atom is -0.321 e. The Labute approximate surface area is 133 Å². The molecule has 0 bridgehead atoms. The van der Waals surface area contributed by atoms with Crippen molar-refractivity contribution in [1.82, 2.24) is 0 Å². The highest BCUT2D eigenvalue weighted by molar-refractivity contribution is 7.89. The normalized spacial score (nSPS) is 11.0. The first kappa shape index (κ1) is 16.8. The van der Waals surface area contributed by atoms with Gasteiger partial charge in [-0.3, -0.25) is 9.59 Å². The van der Waals surface area contributed by atoms with E-state index in [0.29, 0.717) is 11.3 Å². The zero-order valence-electron chi connectivity index (χ0n) is 12.4. The topological polar surface area (TPSA) is 110 Å². The molecule has 0 spiro atoms. The number of ketones is 1. The molecule has 1 aromatic heterocycles. The van der Waals surface area contributed by atoms with Crippen molar-refractivity contribution in [2.24, 2.45) is 5.14 Å². The average molecular weight is 334 g/mol. The number of hydrogen-bond acceptors (Lipinski definition) is 4. The summed E-state index contributed by atoms with van der Waals surface area (Å²) in [4.78, 5) is 23.3. The van der Waals surface area contributed by atoms with Crippen molar-refractivity contribution in [3.8, 4) is 0 Å². The van der Waals surface area contributed by atoms with Crippen LogP contribution in [-0.4, -0.2) is 20.1 Å². The fourth-order valence-corrected chi connectivity index (χ4v) is 2.51. The minimum absolute atomic E-state index is 0.0132. The van der Waals surface area contributed by atoms with Crippen LogP contribution in [0.2, 0.25) is 0 Å². The van der Waals surface area contributed by atoms with Gasteiger partial charge >= 0.3 is 0 Å². The molecule has 7 nitrogen and oxygen atoms in total. The summed E-state index contributed by atoms with van der Waals surface area (Å²) in [6.07, 6.45) is 3.23. The number of carbonyl (C=O) groups excluding carboxylic acids is 2. The zero-order chi connectivity index (χ0) is 17.0. The first-order valence-corrected chi connectivity index (χ1v) is 8.23. The van der Waals surface area contributed by atoms with E-state index in [1.807, 2.05) is 0 Å². The van der Waals surface area contributed by atoms with E-state index in [1.54, 1.807) is 35.2 Å². The fourth-order valence-electron chi connectivity index (χ4n) is 1.95. The van der Waals surface area contributed by atoms with Crippen molar-refractivity contribution in [2.75, 3.05) is 5.32 Å². The van der Waals surface area contributed by atoms with E-state index in [-0.39, 0.29) is 23.1 Å². The molecule has 0 unspecified atom stereocenters. The summed E-state index contributed by atoms with van der Waals surface area (Å²) in [5, 5.41) is 7.64. The van der Waals surface area contributed by atoms with Gasteiger partial charge in [-0.1, -0.05) is 6.07 Å². The molecular weight excluding hydrogens is 318 g/mol. The highest BCUT2D eigenvalue weighted by Crippen LogP contribution is 2.13. The number of sulfonamides is 1. The largest absolute Gasteiger partial charge is 0.321 e. The second-order valence-electron chi connectivity index (χ2n) is 4.94. The van der Waals surface area contributed by atoms with Crippen LogP contribution in [0.25, 0.3) is 0 Å². The molecule has 2 aromatic rings. The summed E-state index contributed by atoms with van der Waals surface area (Å²) >= 11 is 0. The molecule has 0 aliphatic rings. The summed E-state index contributed by atoms with van der Waals surface area (Å²) in [5.41, 5.74) is 0.821. The van der Waals surface area contributed by atoms with E-state index >= 15 is 0 Å². The molecule has 0 fully saturated rings. The maximum absolute atomic E-state index is 12.0. The highest BCUT2D eigenvalue weighted by atomic mass is 32.2. The molecule has 120 valence electrons. The van der Waals surface area contributed by atoms with Gasteiger partial charge in [0.15, 0.2) is 18.2 Å². The molecule has 8 heteroatoms. The second kappa shape index (κ2) is 6.67. The van der Waals surface area contributed by atoms with Crippen molar-refractivity contribution in [3.05, 3.63) is 54.4 Å². The van der Waals surface area contributed by atoms with Crippen LogP contribution in [0.3, 0.4) is 0 Å². The molecule has 0 aliphatic carbocycles. The van der Waals surface area contributed by atoms with E-state index in [0.717, 1.165) is 0 Å². The van der Waals surface area contributed by atoms with Crippen LogP contribution >= 0.6 is 0 Å². The molecule has 0 saturated heterocycles. The number of amides is 1. The van der Waals surface area contributed by atoms with Gasteiger partial charge in [0.05, 0.1) is 10.5 Å². The molecule has 23 heavy (non-hydrogen) atoms. The van der Waals surface area contributed by atoms with E-state index in [9.17, 15) is 18.0 Å². The van der Waals surface area contributed by atoms with E-state index in [2.05, 4.69) is 5.32 Å². The number of anilines is 1. The average Bonchev–Trinajstić information content (AvgIpc) is 2.46. The number of nitrogens with zero attached hydrogens (tertiary/aromatic N) is 1. The van der Waals surface area contributed by atoms with Crippen molar-refractivity contribution < 1.29 is 22.6 Å². The summed E-state index contributed by atoms with van der Waals surface area (Å²) in [5.74, 6) is -0.456. The lowest BCUT2D eigenvalue weighted by Crippen LogP contribution is -2.40. The van der Waals surface area contributed by atoms with Gasteiger partial charge in [0, 0.05) is 11.8 Å². The van der Waals surface area contributed by atoms with Crippen LogP contribution in [0.5, 0.6) is 0 Å². The number of pyridine rings is 1. The van der Waals surface area contributed by atoms with Gasteiger partial charge in [-0.15, -0.1) is 0 Å². The Kier molecular flexibility index (Phi) is 4.87. The Morgan fingerprint density at radius 1 is 1.22 bits per heavy atom. The number of Topliss-reactive ketones (excluding diaryl/α,β-unsaturated/α-hetero) is 1. The monoisotopic (exact) mass is 334 g/mol. The molecular formula is C15H16N3O4S+. The Morgan fingerprint density at radius 2 is 1.96 bits per heavy atom. The number of nitrogens with two attached hydrogens (primary N) is 1. The Balaban J connectivity index is 2.11. The third kappa shape index (κ3) is 4.70. The lowest BCUT2D eigenvalue weighted by atomic mass is 10.2. The van der Waals surface area contributed by atoms with Gasteiger partial charge < -0.3 is 5.32 Å². The predicted molar refractivity (Wildman–Crippen MR) is 83.1 cm³/mol. The highest BCUT2D eigenvalue weighted by Gasteiger charge is 2.13. The van der Waals surface area contributed by atoms with E-state index in [1.165, 1.54) is 25.1 Å². The standard InChI is InChI=1S/C15H15N3O4S/c1-11(19)12-4-3-7-18(9-12)10-15(20)17-13-5-2-6-14(8-13)23(16,21)22/h2-9H,10H2,1H3,(H2-,16,17,20,21,22)/p+1. The number of rotatable bonds is 5. The molecule has 1 amide bonds. The third-order valence-corrected chi connectivity index (χ3v) is 3.95. The van der Waals surface area contributed by atoms with Gasteiger partial charge in [0.1, 0.15) is 0 Å². The Bertz CT molecular complexity index is 863. The number of aromatic nitrogens is 1. The first-order valence-electron chi connectivity index (χ1n) is 6.68. The maximum Gasteiger partial charge on any atom is 0.290 e. The fraction of sp³-hybridized carbons (Fsp3) is 0.133. The van der Waals surface area contributed by atoms with Gasteiger partial charge in [0.25, 0.3) is 5.91 Å². The molecule has 2 rings (SSSR count). The number of carbonyl (C=O) groups is 2. The van der Waals surface area contributed by atoms with Gasteiger partial charge in [-0.2, -0.15) is 4.57 Å². The molecule has 1 aromatic carbocycles. The molecule has 0 atom stereocenters. The van der Waals surface area contributed by atoms with Crippen LogP contribution in [0, 0.1) is 0 Å². The maximum atomic E-state index is 12.0. The van der Waals surface area contributed by atoms with Crippen LogP contribution in [0.1, 0.15) is 17.3 Å². The number of nitrogens with one attached hydrogen (secondary N) is 1. The minimum atomic E-state index is -3.83. The Morgan fingerprint density at radius 3 is 2.61 bits per heavy atom. The molecule has 3 N–H and O–H groups in total. The van der Waals surface area contributed by atoms with Crippen LogP contribution in [0.15, 0.2) is 53.7 Å². The number of primary sulfonamides is 1. The van der Waals surface area contributed by atoms with E-state index in [4.69, 9.17) is 5.14 Å². The SMILES string of the molecule is CC(=O)c1ccc[n+](CC(=O)Nc2cccc(S(N)(=O)=O)c2)c1. The zero-order valence-corrected chi connectivity index (χ0v) is 13.2. The summed E-state index contributed by atoms with van der Waals surface area (Å²) in [6, 6.07) is 9.00. The van der Waals surface area contributed by atoms with Crippen LogP contribution in [0.4, 0.5) is 5.69 Å². The van der Waals surface area contributed by atoms with E-state index < -0.39 is 10.0 Å². The third-order valence-electron chi connectivity index (χ3n) is 3.04. The molecule has 0 radical (unpaired) electrons. The first-order chi connectivity index (χ1) is 10.8. The quantitative estimate of drug-likeness (QED) is 0.611. The molecule has 0 saturated carbocycles. The van der Waals surface area contributed by atoms with Crippen molar-refractivity contribution >= 4 is 27.4 Å². The number of hydrogen-bond donors (Lipinski definition) is 2. The second-order valence-corrected chi connectivity index (χ2v) is 6.50. The van der Waals surface area contributed by atoms with Gasteiger partial charge in [0.2, 0.25) is 16.6 Å². The Hall–Kier alpha value is -2.58. The van der Waals surface area contributed by atoms with Crippen molar-refractivity contribution in [3.63, 3.8) is 0 Å². The summed E-state index contributed by atoms with van der Waals surface area (Å²) in [6.45, 7) is 1.43. The molecule has 1 heterocycles. The summed E-state index contributed by atoms with van der Waals surface area (Å²) in [7, 11) is -3.83. The summed E-state index contributed by atoms with van der Waals surface area (Å²) < 4.78 is 24.1. The predicted octanol–water partition coefficient (Wildman–Crippen LogP) is 0.463. The lowest BCUT2D eigenvalue weighted by Gasteiger charge is -2.05. The van der Waals surface area contributed by atoms with Gasteiger partial charge in [-0.25, -0.2) is 13.6 Å².